The second-order valence-corrected chi connectivity index (χ2v) is 9.27. The van der Waals surface area contributed by atoms with Crippen LogP contribution in [0.4, 0.5) is 11.6 Å². The average molecular weight is 533 g/mol. The van der Waals surface area contributed by atoms with Crippen LogP contribution in [0.2, 0.25) is 0 Å². The Bertz CT molecular complexity index is 1390. The van der Waals surface area contributed by atoms with Crippen LogP contribution in [-0.4, -0.2) is 32.8 Å². The van der Waals surface area contributed by atoms with E-state index in [-0.39, 0.29) is 5.91 Å². The Morgan fingerprint density at radius 3 is 2.77 bits per heavy atom. The Hall–Kier alpha value is -3.72. The molecule has 35 heavy (non-hydrogen) atoms. The second-order valence-electron chi connectivity index (χ2n) is 8.36. The number of fused-ring (bicyclic) bond motifs is 3. The zero-order valence-electron chi connectivity index (χ0n) is 19.5. The molecule has 0 atom stereocenters. The first-order chi connectivity index (χ1) is 17.0. The number of aryl methyl sites for hydroxylation is 2. The summed E-state index contributed by atoms with van der Waals surface area (Å²) in [5.74, 6) is 0.979. The Labute approximate surface area is 211 Å². The number of rotatable bonds is 6. The van der Waals surface area contributed by atoms with Crippen LogP contribution in [0.3, 0.4) is 0 Å². The van der Waals surface area contributed by atoms with E-state index in [0.717, 1.165) is 57.5 Å². The third-order valence-corrected chi connectivity index (χ3v) is 6.52. The number of nitrogens with one attached hydrogen (secondary N) is 2. The number of carbonyl (C=O) groups excluding carboxylic acids is 1. The summed E-state index contributed by atoms with van der Waals surface area (Å²) in [5, 5.41) is 11.0. The molecule has 0 bridgehead atoms. The smallest absolute Gasteiger partial charge is 0.270 e. The highest BCUT2D eigenvalue weighted by Gasteiger charge is 2.27. The lowest BCUT2D eigenvalue weighted by Crippen LogP contribution is -2.26. The molecule has 4 aromatic rings. The molecule has 1 aliphatic rings. The number of carbonyl (C=O) groups is 1. The molecule has 2 aromatic heterocycles. The van der Waals surface area contributed by atoms with Crippen LogP contribution >= 0.6 is 15.9 Å². The van der Waals surface area contributed by atoms with E-state index in [9.17, 15) is 4.79 Å². The quantitative estimate of drug-likeness (QED) is 0.370. The van der Waals surface area contributed by atoms with Crippen molar-refractivity contribution in [3.8, 4) is 17.1 Å². The van der Waals surface area contributed by atoms with Gasteiger partial charge in [0.05, 0.1) is 18.5 Å². The van der Waals surface area contributed by atoms with Gasteiger partial charge in [-0.2, -0.15) is 5.10 Å². The van der Waals surface area contributed by atoms with Crippen molar-refractivity contribution in [2.75, 3.05) is 12.4 Å². The molecule has 0 radical (unpaired) electrons. The zero-order chi connectivity index (χ0) is 24.4. The summed E-state index contributed by atoms with van der Waals surface area (Å²) in [4.78, 5) is 22.5. The molecule has 2 heterocycles. The van der Waals surface area contributed by atoms with Crippen molar-refractivity contribution in [1.82, 2.24) is 25.1 Å². The lowest BCUT2D eigenvalue weighted by molar-refractivity contribution is 0.0940. The Morgan fingerprint density at radius 1 is 1.14 bits per heavy atom. The van der Waals surface area contributed by atoms with Gasteiger partial charge in [0.15, 0.2) is 0 Å². The van der Waals surface area contributed by atoms with Crippen LogP contribution in [0.5, 0.6) is 5.75 Å². The minimum atomic E-state index is -0.138. The van der Waals surface area contributed by atoms with Gasteiger partial charge in [0.25, 0.3) is 5.91 Å². The fraction of sp³-hybridized carbons (Fsp3) is 0.231. The minimum Gasteiger partial charge on any atom is -0.495 e. The molecule has 0 aliphatic heterocycles. The summed E-state index contributed by atoms with van der Waals surface area (Å²) >= 11 is 3.46. The lowest BCUT2D eigenvalue weighted by Gasteiger charge is -2.12. The number of ether oxygens (including phenoxy) is 1. The minimum absolute atomic E-state index is 0.138. The fourth-order valence-corrected chi connectivity index (χ4v) is 4.68. The number of halogens is 1. The van der Waals surface area contributed by atoms with Crippen LogP contribution in [0.25, 0.3) is 11.4 Å². The van der Waals surface area contributed by atoms with Crippen LogP contribution in [0.15, 0.2) is 59.2 Å². The van der Waals surface area contributed by atoms with Crippen LogP contribution in [0, 0.1) is 0 Å². The first-order valence-electron chi connectivity index (χ1n) is 11.4. The van der Waals surface area contributed by atoms with Crippen molar-refractivity contribution in [3.63, 3.8) is 0 Å². The van der Waals surface area contributed by atoms with E-state index in [1.165, 1.54) is 0 Å². The highest BCUT2D eigenvalue weighted by atomic mass is 79.9. The van der Waals surface area contributed by atoms with Gasteiger partial charge in [0.2, 0.25) is 5.95 Å². The van der Waals surface area contributed by atoms with E-state index in [2.05, 4.69) is 31.5 Å². The van der Waals surface area contributed by atoms with Crippen molar-refractivity contribution in [2.24, 2.45) is 7.05 Å². The molecule has 1 aliphatic carbocycles. The monoisotopic (exact) mass is 532 g/mol. The van der Waals surface area contributed by atoms with Crippen molar-refractivity contribution in [3.05, 3.63) is 81.6 Å². The zero-order valence-corrected chi connectivity index (χ0v) is 21.1. The Kier molecular flexibility index (Phi) is 6.50. The summed E-state index contributed by atoms with van der Waals surface area (Å²) in [6.07, 6.45) is 4.30. The van der Waals surface area contributed by atoms with E-state index in [4.69, 9.17) is 14.8 Å². The molecular weight excluding hydrogens is 508 g/mol. The highest BCUT2D eigenvalue weighted by Crippen LogP contribution is 2.34. The van der Waals surface area contributed by atoms with Gasteiger partial charge < -0.3 is 15.4 Å². The predicted octanol–water partition coefficient (Wildman–Crippen LogP) is 4.81. The van der Waals surface area contributed by atoms with Crippen molar-refractivity contribution in [2.45, 2.75) is 25.8 Å². The number of anilines is 2. The van der Waals surface area contributed by atoms with Crippen LogP contribution in [-0.2, 0) is 26.4 Å². The van der Waals surface area contributed by atoms with Gasteiger partial charge in [-0.1, -0.05) is 46.3 Å². The third-order valence-electron chi connectivity index (χ3n) is 6.03. The summed E-state index contributed by atoms with van der Waals surface area (Å²) in [5.41, 5.74) is 5.81. The van der Waals surface area contributed by atoms with E-state index in [0.29, 0.717) is 23.9 Å². The molecule has 2 N–H and O–H groups in total. The average Bonchev–Trinajstić information content (AvgIpc) is 3.10. The number of nitrogens with zero attached hydrogens (tertiary/aromatic N) is 4. The Morgan fingerprint density at radius 2 is 1.97 bits per heavy atom. The first-order valence-corrected chi connectivity index (χ1v) is 12.2. The van der Waals surface area contributed by atoms with E-state index >= 15 is 0 Å². The highest BCUT2D eigenvalue weighted by molar-refractivity contribution is 9.10. The summed E-state index contributed by atoms with van der Waals surface area (Å²) in [6, 6.07) is 15.6. The second kappa shape index (κ2) is 9.87. The molecule has 0 spiro atoms. The van der Waals surface area contributed by atoms with Gasteiger partial charge in [0.1, 0.15) is 17.1 Å². The molecule has 1 amide bonds. The molecule has 178 valence electrons. The largest absolute Gasteiger partial charge is 0.495 e. The van der Waals surface area contributed by atoms with Crippen LogP contribution in [0.1, 0.15) is 33.6 Å². The van der Waals surface area contributed by atoms with Crippen molar-refractivity contribution >= 4 is 33.5 Å². The molecule has 5 rings (SSSR count). The fourth-order valence-electron chi connectivity index (χ4n) is 4.34. The summed E-state index contributed by atoms with van der Waals surface area (Å²) in [7, 11) is 3.42. The number of hydrogen-bond acceptors (Lipinski definition) is 6. The maximum absolute atomic E-state index is 13.2. The molecule has 8 nitrogen and oxygen atoms in total. The van der Waals surface area contributed by atoms with E-state index < -0.39 is 0 Å². The van der Waals surface area contributed by atoms with Crippen molar-refractivity contribution < 1.29 is 9.53 Å². The SMILES string of the molecule is COc1cc(Br)ccc1Nc1ncc2c(n1)-c1nn(C)c(C(=O)NCc3ccccc3)c1CCC2. The first kappa shape index (κ1) is 23.0. The van der Waals surface area contributed by atoms with Gasteiger partial charge in [-0.05, 0) is 48.6 Å². The molecule has 2 aromatic carbocycles. The van der Waals surface area contributed by atoms with Gasteiger partial charge >= 0.3 is 0 Å². The maximum Gasteiger partial charge on any atom is 0.270 e. The van der Waals surface area contributed by atoms with E-state index in [1.54, 1.807) is 18.8 Å². The number of amides is 1. The lowest BCUT2D eigenvalue weighted by atomic mass is 10.1. The normalized spacial score (nSPS) is 12.3. The van der Waals surface area contributed by atoms with Crippen molar-refractivity contribution in [1.29, 1.82) is 0 Å². The molecule has 0 fully saturated rings. The van der Waals surface area contributed by atoms with Gasteiger partial charge in [-0.25, -0.2) is 9.97 Å². The molecule has 0 unspecified atom stereocenters. The number of benzene rings is 2. The van der Waals surface area contributed by atoms with Crippen LogP contribution < -0.4 is 15.4 Å². The topological polar surface area (TPSA) is 94.0 Å². The number of aromatic nitrogens is 4. The summed E-state index contributed by atoms with van der Waals surface area (Å²) < 4.78 is 8.05. The maximum atomic E-state index is 13.2. The third kappa shape index (κ3) is 4.77. The van der Waals surface area contributed by atoms with Gasteiger partial charge in [-0.15, -0.1) is 0 Å². The molecular formula is C26H25BrN6O2. The number of methoxy groups -OCH3 is 1. The number of hydrogen-bond donors (Lipinski definition) is 2. The Balaban J connectivity index is 1.46. The van der Waals surface area contributed by atoms with E-state index in [1.807, 2.05) is 54.7 Å². The summed E-state index contributed by atoms with van der Waals surface area (Å²) in [6.45, 7) is 0.460. The predicted molar refractivity (Wildman–Crippen MR) is 138 cm³/mol. The molecule has 0 saturated carbocycles. The molecule has 0 saturated heterocycles. The van der Waals surface area contributed by atoms with Gasteiger partial charge in [-0.3, -0.25) is 9.48 Å². The standard InChI is InChI=1S/C26H25BrN6O2/c1-33-24(25(34)28-14-16-7-4-3-5-8-16)19-10-6-9-17-15-29-26(31-22(17)23(19)32-33)30-20-12-11-18(27)13-21(20)35-2/h3-5,7-8,11-13,15H,6,9-10,14H2,1-2H3,(H,28,34)(H,29,30,31). The van der Waals surface area contributed by atoms with Gasteiger partial charge in [0, 0.05) is 29.8 Å². The molecule has 9 heteroatoms.